The van der Waals surface area contributed by atoms with Crippen molar-refractivity contribution in [2.75, 3.05) is 6.26 Å². The molecule has 0 amide bonds. The van der Waals surface area contributed by atoms with Gasteiger partial charge in [0, 0.05) is 15.7 Å². The van der Waals surface area contributed by atoms with Crippen molar-refractivity contribution in [1.29, 1.82) is 0 Å². The molecule has 0 atom stereocenters. The van der Waals surface area contributed by atoms with E-state index >= 15 is 0 Å². The number of hydrogen-bond acceptors (Lipinski definition) is 4. The Kier molecular flexibility index (Phi) is 3.03. The van der Waals surface area contributed by atoms with Crippen LogP contribution >= 0.6 is 11.8 Å². The summed E-state index contributed by atoms with van der Waals surface area (Å²) in [5, 5.41) is 0.427. The fourth-order valence-electron chi connectivity index (χ4n) is 2.24. The van der Waals surface area contributed by atoms with Gasteiger partial charge in [-0.25, -0.2) is 0 Å². The second kappa shape index (κ2) is 4.72. The Morgan fingerprint density at radius 2 is 1.30 bits per heavy atom. The van der Waals surface area contributed by atoms with Gasteiger partial charge in [0.05, 0.1) is 0 Å². The van der Waals surface area contributed by atoms with Crippen LogP contribution in [0.5, 0.6) is 0 Å². The highest BCUT2D eigenvalue weighted by Crippen LogP contribution is 2.24. The van der Waals surface area contributed by atoms with Gasteiger partial charge in [-0.15, -0.1) is 11.8 Å². The summed E-state index contributed by atoms with van der Waals surface area (Å²) in [4.78, 5) is 35.8. The second-order valence-electron chi connectivity index (χ2n) is 4.48. The monoisotopic (exact) mass is 282 g/mol. The fourth-order valence-corrected chi connectivity index (χ4v) is 2.65. The molecule has 0 saturated heterocycles. The van der Waals surface area contributed by atoms with Gasteiger partial charge in [0.2, 0.25) is 10.9 Å². The highest BCUT2D eigenvalue weighted by molar-refractivity contribution is 7.98. The standard InChI is InChI=1S/C16H10O3S/c1-20-11-5-2-9(3-6-11)10-4-7-12-13(8-10)15(18)16(19)14(12)17/h2-8H,1H3. The van der Waals surface area contributed by atoms with Crippen molar-refractivity contribution in [3.63, 3.8) is 0 Å². The van der Waals surface area contributed by atoms with Crippen LogP contribution in [0.25, 0.3) is 21.9 Å². The molecule has 3 nitrogen and oxygen atoms in total. The van der Waals surface area contributed by atoms with Crippen molar-refractivity contribution in [2.24, 2.45) is 0 Å². The first-order valence-electron chi connectivity index (χ1n) is 6.03. The molecule has 3 rings (SSSR count). The summed E-state index contributed by atoms with van der Waals surface area (Å²) < 4.78 is 0. The molecule has 0 aliphatic carbocycles. The van der Waals surface area contributed by atoms with Crippen molar-refractivity contribution >= 4 is 22.5 Å². The van der Waals surface area contributed by atoms with Crippen LogP contribution in [0.4, 0.5) is 0 Å². The lowest BCUT2D eigenvalue weighted by Crippen LogP contribution is -2.29. The van der Waals surface area contributed by atoms with Gasteiger partial charge < -0.3 is 0 Å². The minimum absolute atomic E-state index is 0.212. The van der Waals surface area contributed by atoms with Gasteiger partial charge in [-0.1, -0.05) is 18.2 Å². The van der Waals surface area contributed by atoms with Crippen molar-refractivity contribution in [2.45, 2.75) is 4.90 Å². The molecule has 0 heterocycles. The molecule has 4 heteroatoms. The average Bonchev–Trinajstić information content (AvgIpc) is 2.72. The van der Waals surface area contributed by atoms with Gasteiger partial charge in [0.15, 0.2) is 0 Å². The zero-order valence-electron chi connectivity index (χ0n) is 10.7. The molecule has 0 aromatic heterocycles. The third-order valence-electron chi connectivity index (χ3n) is 3.34. The molecule has 98 valence electrons. The van der Waals surface area contributed by atoms with Crippen molar-refractivity contribution in [1.82, 2.24) is 0 Å². The Morgan fingerprint density at radius 1 is 0.700 bits per heavy atom. The third-order valence-corrected chi connectivity index (χ3v) is 4.09. The topological polar surface area (TPSA) is 51.2 Å². The number of thioether (sulfide) groups is 1. The van der Waals surface area contributed by atoms with Gasteiger partial charge in [-0.05, 0) is 41.6 Å². The molecule has 20 heavy (non-hydrogen) atoms. The number of hydrogen-bond donors (Lipinski definition) is 0. The van der Waals surface area contributed by atoms with Gasteiger partial charge in [-0.2, -0.15) is 0 Å². The van der Waals surface area contributed by atoms with Crippen LogP contribution in [-0.4, -0.2) is 6.26 Å². The quantitative estimate of drug-likeness (QED) is 0.534. The van der Waals surface area contributed by atoms with Crippen molar-refractivity contribution in [3.8, 4) is 11.1 Å². The first-order valence-corrected chi connectivity index (χ1v) is 7.26. The molecule has 0 N–H and O–H groups in total. The van der Waals surface area contributed by atoms with Crippen LogP contribution in [0.2, 0.25) is 0 Å². The van der Waals surface area contributed by atoms with E-state index in [0.29, 0.717) is 0 Å². The molecule has 0 bridgehead atoms. The van der Waals surface area contributed by atoms with Crippen LogP contribution in [0.15, 0.2) is 61.7 Å². The second-order valence-corrected chi connectivity index (χ2v) is 5.36. The third kappa shape index (κ3) is 1.89. The first-order chi connectivity index (χ1) is 9.61. The Labute approximate surface area is 118 Å². The number of fused-ring (bicyclic) bond motifs is 1. The van der Waals surface area contributed by atoms with Crippen molar-refractivity contribution in [3.05, 3.63) is 73.1 Å². The molecule has 0 radical (unpaired) electrons. The summed E-state index contributed by atoms with van der Waals surface area (Å²) in [5.74, 6) is 0. The highest BCUT2D eigenvalue weighted by atomic mass is 32.2. The minimum atomic E-state index is -0.935. The number of benzene rings is 2. The zero-order chi connectivity index (χ0) is 14.3. The van der Waals surface area contributed by atoms with Gasteiger partial charge >= 0.3 is 0 Å². The summed E-state index contributed by atoms with van der Waals surface area (Å²) in [6.45, 7) is 0. The van der Waals surface area contributed by atoms with E-state index in [2.05, 4.69) is 0 Å². The fraction of sp³-hybridized carbons (Fsp3) is 0.0625. The smallest absolute Gasteiger partial charge is 0.273 e. The average molecular weight is 282 g/mol. The Balaban J connectivity index is 2.22. The molecule has 3 aromatic rings. The lowest BCUT2D eigenvalue weighted by atomic mass is 10.0. The molecular weight excluding hydrogens is 272 g/mol. The highest BCUT2D eigenvalue weighted by Gasteiger charge is 2.12. The summed E-state index contributed by atoms with van der Waals surface area (Å²) in [7, 11) is 0. The van der Waals surface area contributed by atoms with E-state index in [1.54, 1.807) is 30.0 Å². The zero-order valence-corrected chi connectivity index (χ0v) is 11.5. The molecule has 3 aromatic carbocycles. The van der Waals surface area contributed by atoms with Gasteiger partial charge in [0.1, 0.15) is 0 Å². The van der Waals surface area contributed by atoms with E-state index in [1.807, 2.05) is 30.5 Å². The molecule has 0 spiro atoms. The maximum absolute atomic E-state index is 11.7. The predicted octanol–water partition coefficient (Wildman–Crippen LogP) is 2.18. The largest absolute Gasteiger partial charge is 0.285 e. The van der Waals surface area contributed by atoms with Crippen LogP contribution in [0.3, 0.4) is 0 Å². The number of rotatable bonds is 2. The van der Waals surface area contributed by atoms with E-state index in [4.69, 9.17) is 0 Å². The molecule has 0 aliphatic rings. The predicted molar refractivity (Wildman–Crippen MR) is 82.3 cm³/mol. The molecule has 0 saturated carbocycles. The normalized spacial score (nSPS) is 11.1. The molecule has 0 aliphatic heterocycles. The van der Waals surface area contributed by atoms with E-state index in [1.165, 1.54) is 0 Å². The van der Waals surface area contributed by atoms with E-state index < -0.39 is 16.3 Å². The van der Waals surface area contributed by atoms with Crippen LogP contribution in [0, 0.1) is 0 Å². The van der Waals surface area contributed by atoms with E-state index in [0.717, 1.165) is 16.0 Å². The van der Waals surface area contributed by atoms with Crippen LogP contribution in [0.1, 0.15) is 0 Å². The first kappa shape index (κ1) is 12.8. The lowest BCUT2D eigenvalue weighted by Gasteiger charge is -2.03. The van der Waals surface area contributed by atoms with Crippen LogP contribution < -0.4 is 16.3 Å². The SMILES string of the molecule is CSc1ccc(-c2ccc3c(=O)c(=O)c(=O)c3c2)cc1. The Morgan fingerprint density at radius 3 is 1.95 bits per heavy atom. The Hall–Kier alpha value is -2.20. The Bertz CT molecular complexity index is 933. The van der Waals surface area contributed by atoms with Gasteiger partial charge in [-0.3, -0.25) is 14.4 Å². The molecular formula is C16H10O3S. The summed E-state index contributed by atoms with van der Waals surface area (Å²) in [6.07, 6.45) is 2.00. The lowest BCUT2D eigenvalue weighted by molar-refractivity contribution is 1.46. The minimum Gasteiger partial charge on any atom is -0.285 e. The van der Waals surface area contributed by atoms with Crippen molar-refractivity contribution < 1.29 is 0 Å². The van der Waals surface area contributed by atoms with Gasteiger partial charge in [0.25, 0.3) is 5.43 Å². The molecule has 0 fully saturated rings. The maximum atomic E-state index is 11.7. The van der Waals surface area contributed by atoms with E-state index in [9.17, 15) is 14.4 Å². The van der Waals surface area contributed by atoms with Crippen LogP contribution in [-0.2, 0) is 0 Å². The summed E-state index contributed by atoms with van der Waals surface area (Å²) in [6, 6.07) is 12.8. The summed E-state index contributed by atoms with van der Waals surface area (Å²) in [5.41, 5.74) is -0.561. The maximum Gasteiger partial charge on any atom is 0.273 e. The molecule has 0 unspecified atom stereocenters. The summed E-state index contributed by atoms with van der Waals surface area (Å²) >= 11 is 1.65. The van der Waals surface area contributed by atoms with E-state index in [-0.39, 0.29) is 10.8 Å².